The summed E-state index contributed by atoms with van der Waals surface area (Å²) in [5.74, 6) is -5.36. The first-order valence-electron chi connectivity index (χ1n) is 16.8. The van der Waals surface area contributed by atoms with Crippen LogP contribution >= 0.6 is 75.8 Å². The Morgan fingerprint density at radius 1 is 0.267 bits per heavy atom. The molecule has 0 aliphatic rings. The van der Waals surface area contributed by atoms with E-state index >= 15 is 0 Å². The SMILES string of the molecule is CC(C)(S)C(=O)O.CC(C)(S)C(=O)O.CC(C)(S)C(=O)O.CC(C)(S)C(=O)O.CC(C)(S)C(=O)O.CC(C)(S)C(=O)O.OCC(CO)(CO)CO.OCC(CO)(CO)CO. The lowest BCUT2D eigenvalue weighted by molar-refractivity contribution is -0.139. The zero-order valence-electron chi connectivity index (χ0n) is 36.1. The van der Waals surface area contributed by atoms with Crippen molar-refractivity contribution in [3.05, 3.63) is 0 Å². The van der Waals surface area contributed by atoms with E-state index in [4.69, 9.17) is 71.5 Å². The molecule has 0 saturated heterocycles. The van der Waals surface area contributed by atoms with Gasteiger partial charge in [-0.3, -0.25) is 28.8 Å². The molecule has 14 N–H and O–H groups in total. The minimum atomic E-state index is -1.11. The van der Waals surface area contributed by atoms with Gasteiger partial charge in [0.1, 0.15) is 28.5 Å². The largest absolute Gasteiger partial charge is 0.480 e. The third-order valence-electron chi connectivity index (χ3n) is 5.82. The summed E-state index contributed by atoms with van der Waals surface area (Å²) in [4.78, 5) is 59.7. The van der Waals surface area contributed by atoms with Gasteiger partial charge in [-0.15, -0.1) is 0 Å². The summed E-state index contributed by atoms with van der Waals surface area (Å²) < 4.78 is -5.33. The fourth-order valence-corrected chi connectivity index (χ4v) is 0.600. The fourth-order valence-electron chi connectivity index (χ4n) is 0.600. The standard InChI is InChI=1S/2C5H12O4.6C4H8O2S/c2*6-1-5(2-7,3-8)4-9;6*1-4(2,7)3(5)6/h2*6-9H,1-4H2;6*7H,1-2H3,(H,5,6). The number of aliphatic carboxylic acids is 6. The quantitative estimate of drug-likeness (QED) is 0.106. The third-order valence-corrected chi connectivity index (χ3v) is 6.97. The zero-order chi connectivity index (χ0) is 51.1. The number of hydrogen-bond donors (Lipinski definition) is 20. The molecular formula is C34H72O20S6. The summed E-state index contributed by atoms with van der Waals surface area (Å²) in [6.07, 6.45) is 0. The molecule has 0 amide bonds. The molecule has 0 aromatic rings. The van der Waals surface area contributed by atoms with Gasteiger partial charge in [0.25, 0.3) is 0 Å². The molecule has 0 bridgehead atoms. The average Bonchev–Trinajstić information content (AvgIpc) is 3.07. The number of rotatable bonds is 14. The van der Waals surface area contributed by atoms with Gasteiger partial charge in [-0.05, 0) is 83.1 Å². The lowest BCUT2D eigenvalue weighted by Gasteiger charge is -2.23. The average molecular weight is 993 g/mol. The van der Waals surface area contributed by atoms with E-state index in [1.807, 2.05) is 0 Å². The number of thiol groups is 6. The summed E-state index contributed by atoms with van der Waals surface area (Å²) >= 11 is 22.5. The van der Waals surface area contributed by atoms with Crippen LogP contribution in [0.2, 0.25) is 0 Å². The van der Waals surface area contributed by atoms with Gasteiger partial charge < -0.3 is 71.5 Å². The second-order valence-corrected chi connectivity index (χ2v) is 22.2. The van der Waals surface area contributed by atoms with Crippen molar-refractivity contribution in [3.8, 4) is 0 Å². The first kappa shape index (κ1) is 75.9. The number of aliphatic hydroxyl groups excluding tert-OH is 8. The van der Waals surface area contributed by atoms with Gasteiger partial charge in [0.05, 0.1) is 63.7 Å². The lowest BCUT2D eigenvalue weighted by Crippen LogP contribution is -2.37. The van der Waals surface area contributed by atoms with Gasteiger partial charge in [0.15, 0.2) is 0 Å². The number of aliphatic hydroxyl groups is 8. The van der Waals surface area contributed by atoms with Crippen LogP contribution in [0.3, 0.4) is 0 Å². The Balaban J connectivity index is -0.0000000861. The second-order valence-electron chi connectivity index (χ2n) is 15.4. The highest BCUT2D eigenvalue weighted by atomic mass is 32.1. The molecule has 0 fully saturated rings. The van der Waals surface area contributed by atoms with E-state index < -0.39 is 128 Å². The summed E-state index contributed by atoms with van der Waals surface area (Å²) in [6.45, 7) is 15.1. The normalized spacial score (nSPS) is 11.5. The molecule has 0 aliphatic heterocycles. The van der Waals surface area contributed by atoms with Crippen LogP contribution in [0.1, 0.15) is 83.1 Å². The van der Waals surface area contributed by atoms with Crippen LogP contribution in [0.5, 0.6) is 0 Å². The lowest BCUT2D eigenvalue weighted by atomic mass is 9.93. The molecule has 0 aliphatic carbocycles. The molecule has 0 radical (unpaired) electrons. The molecule has 0 aromatic heterocycles. The molecule has 20 nitrogen and oxygen atoms in total. The number of hydrogen-bond acceptors (Lipinski definition) is 20. The van der Waals surface area contributed by atoms with Gasteiger partial charge in [0, 0.05) is 0 Å². The summed E-state index contributed by atoms with van der Waals surface area (Å²) in [6, 6.07) is 0. The van der Waals surface area contributed by atoms with Gasteiger partial charge in [-0.25, -0.2) is 0 Å². The van der Waals surface area contributed by atoms with E-state index in [0.717, 1.165) is 0 Å². The van der Waals surface area contributed by atoms with E-state index in [2.05, 4.69) is 75.8 Å². The first-order valence-corrected chi connectivity index (χ1v) is 19.4. The van der Waals surface area contributed by atoms with Crippen molar-refractivity contribution < 1.29 is 100 Å². The van der Waals surface area contributed by atoms with Crippen LogP contribution in [0.4, 0.5) is 0 Å². The van der Waals surface area contributed by atoms with Crippen molar-refractivity contribution in [2.45, 2.75) is 112 Å². The Labute approximate surface area is 385 Å². The van der Waals surface area contributed by atoms with Gasteiger partial charge >= 0.3 is 35.8 Å². The predicted octanol–water partition coefficient (Wildman–Crippen LogP) is 0.560. The van der Waals surface area contributed by atoms with Crippen molar-refractivity contribution in [1.29, 1.82) is 0 Å². The van der Waals surface area contributed by atoms with Gasteiger partial charge in [-0.1, -0.05) is 0 Å². The smallest absolute Gasteiger partial charge is 0.318 e. The van der Waals surface area contributed by atoms with Crippen LogP contribution in [0.25, 0.3) is 0 Å². The number of carbonyl (C=O) groups is 6. The maximum atomic E-state index is 9.94. The van der Waals surface area contributed by atoms with E-state index in [1.54, 1.807) is 0 Å². The second kappa shape index (κ2) is 35.0. The van der Waals surface area contributed by atoms with E-state index in [1.165, 1.54) is 83.1 Å². The van der Waals surface area contributed by atoms with Crippen molar-refractivity contribution in [3.63, 3.8) is 0 Å². The highest BCUT2D eigenvalue weighted by molar-refractivity contribution is 7.83. The van der Waals surface area contributed by atoms with Gasteiger partial charge in [-0.2, -0.15) is 75.8 Å². The molecule has 0 spiro atoms. The van der Waals surface area contributed by atoms with Crippen LogP contribution < -0.4 is 0 Å². The molecule has 0 rings (SSSR count). The Bertz CT molecular complexity index is 946. The van der Waals surface area contributed by atoms with Crippen LogP contribution in [0.15, 0.2) is 0 Å². The van der Waals surface area contributed by atoms with E-state index in [9.17, 15) is 28.8 Å². The minimum Gasteiger partial charge on any atom is -0.480 e. The molecule has 0 atom stereocenters. The zero-order valence-corrected chi connectivity index (χ0v) is 41.4. The Morgan fingerprint density at radius 3 is 0.317 bits per heavy atom. The molecule has 0 heterocycles. The molecule has 60 heavy (non-hydrogen) atoms. The van der Waals surface area contributed by atoms with Crippen LogP contribution in [-0.4, -0.2) is 189 Å². The maximum Gasteiger partial charge on any atom is 0.318 e. The minimum absolute atomic E-state index is 0.406. The highest BCUT2D eigenvalue weighted by Crippen LogP contribution is 2.14. The molecule has 0 unspecified atom stereocenters. The van der Waals surface area contributed by atoms with Crippen molar-refractivity contribution >= 4 is 112 Å². The Morgan fingerprint density at radius 2 is 0.317 bits per heavy atom. The fraction of sp³-hybridized carbons (Fsp3) is 0.824. The molecule has 364 valence electrons. The summed E-state index contributed by atoms with van der Waals surface area (Å²) in [5.41, 5.74) is -2.22. The Kier molecular flexibility index (Phi) is 44.3. The third kappa shape index (κ3) is 51.0. The van der Waals surface area contributed by atoms with Crippen molar-refractivity contribution in [2.75, 3.05) is 52.9 Å². The van der Waals surface area contributed by atoms with E-state index in [-0.39, 0.29) is 0 Å². The predicted molar refractivity (Wildman–Crippen MR) is 246 cm³/mol. The summed E-state index contributed by atoms with van der Waals surface area (Å²) in [7, 11) is 0. The first-order chi connectivity index (χ1) is 26.1. The molecule has 26 heteroatoms. The number of carboxylic acids is 6. The highest BCUT2D eigenvalue weighted by Gasteiger charge is 2.28. The number of carboxylic acid groups (broad SMARTS) is 6. The molecule has 0 aromatic carbocycles. The van der Waals surface area contributed by atoms with Crippen molar-refractivity contribution in [2.24, 2.45) is 10.8 Å². The molecule has 0 saturated carbocycles. The Hall–Kier alpha value is -1.40. The van der Waals surface area contributed by atoms with Crippen LogP contribution in [0, 0.1) is 10.8 Å². The summed E-state index contributed by atoms with van der Waals surface area (Å²) in [5, 5.41) is 117. The maximum absolute atomic E-state index is 9.94. The molecular weight excluding hydrogens is 921 g/mol. The van der Waals surface area contributed by atoms with Crippen molar-refractivity contribution in [1.82, 2.24) is 0 Å². The van der Waals surface area contributed by atoms with Gasteiger partial charge in [0.2, 0.25) is 0 Å². The van der Waals surface area contributed by atoms with E-state index in [0.29, 0.717) is 0 Å². The topological polar surface area (TPSA) is 386 Å². The monoisotopic (exact) mass is 992 g/mol. The van der Waals surface area contributed by atoms with Crippen LogP contribution in [-0.2, 0) is 28.8 Å².